The van der Waals surface area contributed by atoms with Crippen LogP contribution in [0.1, 0.15) is 25.8 Å². The maximum atomic E-state index is 6.11. The number of rotatable bonds is 5. The fourth-order valence-corrected chi connectivity index (χ4v) is 3.29. The van der Waals surface area contributed by atoms with Gasteiger partial charge in [0.15, 0.2) is 5.79 Å². The molecule has 0 bridgehead atoms. The summed E-state index contributed by atoms with van der Waals surface area (Å²) in [5.74, 6) is 0.594. The molecule has 3 rings (SSSR count). The molecule has 1 aliphatic heterocycles. The normalized spacial score (nSPS) is 32.7. The Bertz CT molecular complexity index is 522. The molecule has 1 saturated heterocycles. The minimum atomic E-state index is -0.543. The van der Waals surface area contributed by atoms with Gasteiger partial charge < -0.3 is 18.9 Å². The van der Waals surface area contributed by atoms with Gasteiger partial charge in [0.2, 0.25) is 0 Å². The molecular formula is C18H24O4. The first-order valence-electron chi connectivity index (χ1n) is 7.75. The maximum absolute atomic E-state index is 6.11. The smallest absolute Gasteiger partial charge is 0.163 e. The lowest BCUT2D eigenvalue weighted by Gasteiger charge is -2.23. The third-order valence-corrected chi connectivity index (χ3v) is 4.38. The predicted octanol–water partition coefficient (Wildman–Crippen LogP) is 3.31. The van der Waals surface area contributed by atoms with Gasteiger partial charge in [0, 0.05) is 5.92 Å². The van der Waals surface area contributed by atoms with Crippen molar-refractivity contribution in [2.24, 2.45) is 5.92 Å². The summed E-state index contributed by atoms with van der Waals surface area (Å²) in [4.78, 5) is 0. The summed E-state index contributed by atoms with van der Waals surface area (Å²) in [6.07, 6.45) is 2.92. The molecule has 1 aromatic rings. The summed E-state index contributed by atoms with van der Waals surface area (Å²) >= 11 is 0. The summed E-state index contributed by atoms with van der Waals surface area (Å²) in [6.45, 7) is 8.38. The summed E-state index contributed by atoms with van der Waals surface area (Å²) in [5.41, 5.74) is 1.12. The van der Waals surface area contributed by atoms with Gasteiger partial charge in [0.25, 0.3) is 0 Å². The van der Waals surface area contributed by atoms with Crippen molar-refractivity contribution in [3.8, 4) is 5.75 Å². The highest BCUT2D eigenvalue weighted by Gasteiger charge is 2.53. The number of hydrogen-bond donors (Lipinski definition) is 0. The predicted molar refractivity (Wildman–Crippen MR) is 83.7 cm³/mol. The summed E-state index contributed by atoms with van der Waals surface area (Å²) in [7, 11) is 1.67. The van der Waals surface area contributed by atoms with Gasteiger partial charge in [-0.25, -0.2) is 0 Å². The van der Waals surface area contributed by atoms with E-state index in [-0.39, 0.29) is 24.2 Å². The second kappa shape index (κ2) is 6.03. The monoisotopic (exact) mass is 304 g/mol. The Morgan fingerprint density at radius 2 is 1.91 bits per heavy atom. The highest BCUT2D eigenvalue weighted by molar-refractivity contribution is 5.26. The summed E-state index contributed by atoms with van der Waals surface area (Å²) in [6, 6.07) is 7.93. The van der Waals surface area contributed by atoms with Crippen LogP contribution in [-0.4, -0.2) is 31.2 Å². The Morgan fingerprint density at radius 3 is 2.55 bits per heavy atom. The molecule has 2 aliphatic rings. The van der Waals surface area contributed by atoms with E-state index in [9.17, 15) is 0 Å². The van der Waals surface area contributed by atoms with Gasteiger partial charge in [-0.3, -0.25) is 0 Å². The third kappa shape index (κ3) is 3.05. The first-order valence-corrected chi connectivity index (χ1v) is 7.75. The van der Waals surface area contributed by atoms with E-state index in [1.165, 1.54) is 0 Å². The minimum Gasteiger partial charge on any atom is -0.497 e. The van der Waals surface area contributed by atoms with Crippen LogP contribution in [-0.2, 0) is 20.8 Å². The molecule has 0 spiro atoms. The van der Waals surface area contributed by atoms with Crippen molar-refractivity contribution in [1.29, 1.82) is 0 Å². The van der Waals surface area contributed by atoms with Gasteiger partial charge in [0.1, 0.15) is 11.9 Å². The van der Waals surface area contributed by atoms with E-state index in [4.69, 9.17) is 18.9 Å². The van der Waals surface area contributed by atoms with E-state index < -0.39 is 5.79 Å². The average molecular weight is 304 g/mol. The first kappa shape index (κ1) is 15.5. The Balaban J connectivity index is 1.63. The van der Waals surface area contributed by atoms with Crippen LogP contribution in [0, 0.1) is 5.92 Å². The Labute approximate surface area is 132 Å². The average Bonchev–Trinajstić information content (AvgIpc) is 2.99. The lowest BCUT2D eigenvalue weighted by Crippen LogP contribution is -2.30. The standard InChI is InChI=1S/C18H24O4/c1-5-13-10-15(17-16(13)21-18(2,3)22-17)20-11-12-6-8-14(19-4)9-7-12/h5-9,13,15-17H,1,10-11H2,2-4H3/t13-,15-,16+,17-/m0/s1. The highest BCUT2D eigenvalue weighted by Crippen LogP contribution is 2.43. The zero-order chi connectivity index (χ0) is 15.7. The summed E-state index contributed by atoms with van der Waals surface area (Å²) in [5, 5.41) is 0. The molecule has 4 heteroatoms. The molecule has 120 valence electrons. The lowest BCUT2D eigenvalue weighted by molar-refractivity contribution is -0.170. The van der Waals surface area contributed by atoms with Crippen molar-refractivity contribution in [2.75, 3.05) is 7.11 Å². The van der Waals surface area contributed by atoms with Crippen LogP contribution in [0.15, 0.2) is 36.9 Å². The van der Waals surface area contributed by atoms with Gasteiger partial charge in [-0.2, -0.15) is 0 Å². The van der Waals surface area contributed by atoms with E-state index in [0.29, 0.717) is 6.61 Å². The van der Waals surface area contributed by atoms with E-state index in [2.05, 4.69) is 6.58 Å². The molecule has 1 heterocycles. The van der Waals surface area contributed by atoms with Crippen LogP contribution in [0.4, 0.5) is 0 Å². The van der Waals surface area contributed by atoms with E-state index >= 15 is 0 Å². The molecule has 0 amide bonds. The molecule has 22 heavy (non-hydrogen) atoms. The number of hydrogen-bond acceptors (Lipinski definition) is 4. The van der Waals surface area contributed by atoms with Crippen molar-refractivity contribution >= 4 is 0 Å². The van der Waals surface area contributed by atoms with E-state index in [0.717, 1.165) is 17.7 Å². The van der Waals surface area contributed by atoms with Crippen LogP contribution in [0.3, 0.4) is 0 Å². The maximum Gasteiger partial charge on any atom is 0.163 e. The molecule has 4 atom stereocenters. The Hall–Kier alpha value is -1.36. The first-order chi connectivity index (χ1) is 10.5. The third-order valence-electron chi connectivity index (χ3n) is 4.38. The van der Waals surface area contributed by atoms with Crippen molar-refractivity contribution in [1.82, 2.24) is 0 Å². The molecule has 0 aromatic heterocycles. The minimum absolute atomic E-state index is 0.0174. The quantitative estimate of drug-likeness (QED) is 0.782. The van der Waals surface area contributed by atoms with Crippen LogP contribution in [0.5, 0.6) is 5.75 Å². The van der Waals surface area contributed by atoms with Crippen LogP contribution >= 0.6 is 0 Å². The molecule has 0 N–H and O–H groups in total. The number of fused-ring (bicyclic) bond motifs is 1. The van der Waals surface area contributed by atoms with Crippen molar-refractivity contribution in [2.45, 2.75) is 51.0 Å². The topological polar surface area (TPSA) is 36.9 Å². The van der Waals surface area contributed by atoms with Gasteiger partial charge >= 0.3 is 0 Å². The van der Waals surface area contributed by atoms with Crippen LogP contribution in [0.25, 0.3) is 0 Å². The van der Waals surface area contributed by atoms with Crippen molar-refractivity contribution in [3.05, 3.63) is 42.5 Å². The molecule has 4 nitrogen and oxygen atoms in total. The van der Waals surface area contributed by atoms with Crippen LogP contribution < -0.4 is 4.74 Å². The number of methoxy groups -OCH3 is 1. The zero-order valence-corrected chi connectivity index (χ0v) is 13.5. The van der Waals surface area contributed by atoms with Gasteiger partial charge in [-0.15, -0.1) is 6.58 Å². The van der Waals surface area contributed by atoms with Crippen LogP contribution in [0.2, 0.25) is 0 Å². The Morgan fingerprint density at radius 1 is 1.23 bits per heavy atom. The number of ether oxygens (including phenoxy) is 4. The van der Waals surface area contributed by atoms with Gasteiger partial charge in [0.05, 0.1) is 25.9 Å². The molecule has 1 aliphatic carbocycles. The molecule has 0 unspecified atom stereocenters. The summed E-state index contributed by atoms with van der Waals surface area (Å²) < 4.78 is 23.3. The second-order valence-corrected chi connectivity index (χ2v) is 6.40. The van der Waals surface area contributed by atoms with Gasteiger partial charge in [-0.05, 0) is 38.0 Å². The zero-order valence-electron chi connectivity index (χ0n) is 13.5. The van der Waals surface area contributed by atoms with Gasteiger partial charge in [-0.1, -0.05) is 18.2 Å². The van der Waals surface area contributed by atoms with E-state index in [1.54, 1.807) is 7.11 Å². The second-order valence-electron chi connectivity index (χ2n) is 6.40. The fourth-order valence-electron chi connectivity index (χ4n) is 3.29. The highest BCUT2D eigenvalue weighted by atomic mass is 16.8. The van der Waals surface area contributed by atoms with E-state index in [1.807, 2.05) is 44.2 Å². The fraction of sp³-hybridized carbons (Fsp3) is 0.556. The molecule has 1 aromatic carbocycles. The van der Waals surface area contributed by atoms with Crippen molar-refractivity contribution < 1.29 is 18.9 Å². The SMILES string of the molecule is C=C[C@H]1C[C@H](OCc2ccc(OC)cc2)[C@@H]2OC(C)(C)O[C@@H]21. The van der Waals surface area contributed by atoms with Crippen molar-refractivity contribution in [3.63, 3.8) is 0 Å². The molecule has 1 saturated carbocycles. The Kier molecular flexibility index (Phi) is 4.26. The molecular weight excluding hydrogens is 280 g/mol. The lowest BCUT2D eigenvalue weighted by atomic mass is 10.1. The molecule has 0 radical (unpaired) electrons. The largest absolute Gasteiger partial charge is 0.497 e. The number of benzene rings is 1. The molecule has 2 fully saturated rings.